The van der Waals surface area contributed by atoms with Crippen molar-refractivity contribution in [2.75, 3.05) is 7.11 Å². The Balaban J connectivity index is 2.12. The molecule has 1 aromatic heterocycles. The number of halogens is 1. The lowest BCUT2D eigenvalue weighted by molar-refractivity contribution is 0.0563. The van der Waals surface area contributed by atoms with E-state index in [4.69, 9.17) is 4.42 Å². The Morgan fingerprint density at radius 3 is 2.74 bits per heavy atom. The van der Waals surface area contributed by atoms with E-state index in [9.17, 15) is 9.18 Å². The summed E-state index contributed by atoms with van der Waals surface area (Å²) in [6.07, 6.45) is 0. The Labute approximate surface area is 114 Å². The van der Waals surface area contributed by atoms with E-state index in [0.29, 0.717) is 10.7 Å². The van der Waals surface area contributed by atoms with Gasteiger partial charge in [-0.25, -0.2) is 9.18 Å². The summed E-state index contributed by atoms with van der Waals surface area (Å²) >= 11 is 1.34. The van der Waals surface area contributed by atoms with Crippen LogP contribution in [0.4, 0.5) is 4.39 Å². The highest BCUT2D eigenvalue weighted by molar-refractivity contribution is 7.99. The van der Waals surface area contributed by atoms with Crippen LogP contribution in [0, 0.1) is 5.82 Å². The summed E-state index contributed by atoms with van der Waals surface area (Å²) in [5.41, 5.74) is 0. The van der Waals surface area contributed by atoms with Gasteiger partial charge in [0.25, 0.3) is 0 Å². The third kappa shape index (κ3) is 3.17. The van der Waals surface area contributed by atoms with Gasteiger partial charge >= 0.3 is 5.97 Å². The van der Waals surface area contributed by atoms with E-state index in [1.807, 2.05) is 6.92 Å². The largest absolute Gasteiger partial charge is 0.463 e. The lowest BCUT2D eigenvalue weighted by Gasteiger charge is -2.08. The van der Waals surface area contributed by atoms with Crippen molar-refractivity contribution in [3.8, 4) is 0 Å². The lowest BCUT2D eigenvalue weighted by atomic mass is 10.3. The van der Waals surface area contributed by atoms with Crippen LogP contribution in [0.3, 0.4) is 0 Å². The van der Waals surface area contributed by atoms with Crippen LogP contribution in [0.2, 0.25) is 0 Å². The average molecular weight is 280 g/mol. The van der Waals surface area contributed by atoms with Crippen molar-refractivity contribution in [3.63, 3.8) is 0 Å². The normalized spacial score (nSPS) is 12.2. The predicted octanol–water partition coefficient (Wildman–Crippen LogP) is 4.06. The standard InChI is InChI=1S/C14H13FO3S/c1-9(19-13-6-4-3-5-10(13)15)11-7-8-12(18-11)14(16)17-2/h3-9H,1-2H3. The van der Waals surface area contributed by atoms with Gasteiger partial charge in [-0.1, -0.05) is 12.1 Å². The summed E-state index contributed by atoms with van der Waals surface area (Å²) in [5, 5.41) is -0.102. The molecule has 0 bridgehead atoms. The molecule has 5 heteroatoms. The molecule has 2 aromatic rings. The van der Waals surface area contributed by atoms with Crippen LogP contribution in [0.5, 0.6) is 0 Å². The molecule has 1 heterocycles. The maximum Gasteiger partial charge on any atom is 0.373 e. The average Bonchev–Trinajstić information content (AvgIpc) is 2.90. The minimum Gasteiger partial charge on any atom is -0.463 e. The summed E-state index contributed by atoms with van der Waals surface area (Å²) in [6.45, 7) is 1.89. The number of ether oxygens (including phenoxy) is 1. The molecule has 0 radical (unpaired) electrons. The molecule has 100 valence electrons. The van der Waals surface area contributed by atoms with E-state index >= 15 is 0 Å². The number of thioether (sulfide) groups is 1. The van der Waals surface area contributed by atoms with Gasteiger partial charge < -0.3 is 9.15 Å². The molecule has 0 aliphatic heterocycles. The molecule has 0 N–H and O–H groups in total. The molecule has 2 rings (SSSR count). The molecule has 3 nitrogen and oxygen atoms in total. The number of hydrogen-bond donors (Lipinski definition) is 0. The Morgan fingerprint density at radius 2 is 2.05 bits per heavy atom. The summed E-state index contributed by atoms with van der Waals surface area (Å²) in [6, 6.07) is 9.80. The van der Waals surface area contributed by atoms with Crippen LogP contribution in [0.15, 0.2) is 45.7 Å². The van der Waals surface area contributed by atoms with E-state index in [1.165, 1.54) is 24.9 Å². The van der Waals surface area contributed by atoms with Crippen LogP contribution >= 0.6 is 11.8 Å². The Kier molecular flexibility index (Phi) is 4.27. The zero-order chi connectivity index (χ0) is 13.8. The van der Waals surface area contributed by atoms with E-state index in [-0.39, 0.29) is 16.8 Å². The van der Waals surface area contributed by atoms with Gasteiger partial charge in [0.15, 0.2) is 0 Å². The molecule has 0 saturated heterocycles. The second-order valence-electron chi connectivity index (χ2n) is 3.88. The van der Waals surface area contributed by atoms with E-state index in [1.54, 1.807) is 30.3 Å². The zero-order valence-corrected chi connectivity index (χ0v) is 11.4. The molecule has 1 atom stereocenters. The number of hydrogen-bond acceptors (Lipinski definition) is 4. The third-order valence-corrected chi connectivity index (χ3v) is 3.73. The van der Waals surface area contributed by atoms with Gasteiger partial charge in [0.05, 0.1) is 12.4 Å². The SMILES string of the molecule is COC(=O)c1ccc(C(C)Sc2ccccc2F)o1. The molecule has 0 spiro atoms. The third-order valence-electron chi connectivity index (χ3n) is 2.55. The van der Waals surface area contributed by atoms with Crippen molar-refractivity contribution in [1.82, 2.24) is 0 Å². The molecule has 0 amide bonds. The zero-order valence-electron chi connectivity index (χ0n) is 10.6. The van der Waals surface area contributed by atoms with Gasteiger partial charge in [0, 0.05) is 4.90 Å². The Hall–Kier alpha value is -1.75. The molecular weight excluding hydrogens is 267 g/mol. The van der Waals surface area contributed by atoms with Crippen molar-refractivity contribution in [1.29, 1.82) is 0 Å². The minimum atomic E-state index is -0.519. The van der Waals surface area contributed by atoms with Crippen LogP contribution in [-0.4, -0.2) is 13.1 Å². The number of methoxy groups -OCH3 is 1. The number of carbonyl (C=O) groups is 1. The minimum absolute atomic E-state index is 0.102. The van der Waals surface area contributed by atoms with Gasteiger partial charge in [-0.2, -0.15) is 0 Å². The van der Waals surface area contributed by atoms with Crippen molar-refractivity contribution < 1.29 is 18.3 Å². The quantitative estimate of drug-likeness (QED) is 0.625. The highest BCUT2D eigenvalue weighted by Gasteiger charge is 2.17. The van der Waals surface area contributed by atoms with E-state index < -0.39 is 5.97 Å². The van der Waals surface area contributed by atoms with Gasteiger partial charge in [0.2, 0.25) is 5.76 Å². The fourth-order valence-electron chi connectivity index (χ4n) is 1.57. The van der Waals surface area contributed by atoms with Gasteiger partial charge in [-0.05, 0) is 31.2 Å². The summed E-state index contributed by atoms with van der Waals surface area (Å²) in [4.78, 5) is 11.8. The van der Waals surface area contributed by atoms with Crippen molar-refractivity contribution in [2.45, 2.75) is 17.1 Å². The van der Waals surface area contributed by atoms with Crippen molar-refractivity contribution in [2.24, 2.45) is 0 Å². The topological polar surface area (TPSA) is 39.4 Å². The first-order valence-corrected chi connectivity index (χ1v) is 6.59. The van der Waals surface area contributed by atoms with Crippen LogP contribution in [-0.2, 0) is 4.74 Å². The first kappa shape index (κ1) is 13.7. The molecule has 1 aromatic carbocycles. The maximum atomic E-state index is 13.5. The molecule has 0 aliphatic rings. The molecule has 0 aliphatic carbocycles. The predicted molar refractivity (Wildman–Crippen MR) is 70.7 cm³/mol. The highest BCUT2D eigenvalue weighted by atomic mass is 32.2. The Bertz CT molecular complexity index is 580. The van der Waals surface area contributed by atoms with Gasteiger partial charge in [-0.3, -0.25) is 0 Å². The molecule has 0 saturated carbocycles. The van der Waals surface area contributed by atoms with Crippen LogP contribution in [0.25, 0.3) is 0 Å². The highest BCUT2D eigenvalue weighted by Crippen LogP contribution is 2.36. The van der Waals surface area contributed by atoms with Gasteiger partial charge in [-0.15, -0.1) is 11.8 Å². The second-order valence-corrected chi connectivity index (χ2v) is 5.27. The molecule has 1 unspecified atom stereocenters. The number of furan rings is 1. The fourth-order valence-corrected chi connectivity index (χ4v) is 2.53. The molecule has 19 heavy (non-hydrogen) atoms. The smallest absolute Gasteiger partial charge is 0.373 e. The summed E-state index contributed by atoms with van der Waals surface area (Å²) in [7, 11) is 1.29. The number of rotatable bonds is 4. The Morgan fingerprint density at radius 1 is 1.32 bits per heavy atom. The fraction of sp³-hybridized carbons (Fsp3) is 0.214. The van der Waals surface area contributed by atoms with Crippen LogP contribution in [0.1, 0.15) is 28.5 Å². The van der Waals surface area contributed by atoms with Crippen molar-refractivity contribution in [3.05, 3.63) is 53.7 Å². The first-order valence-electron chi connectivity index (χ1n) is 5.71. The molecular formula is C14H13FO3S. The van der Waals surface area contributed by atoms with Crippen molar-refractivity contribution >= 4 is 17.7 Å². The number of esters is 1. The van der Waals surface area contributed by atoms with Gasteiger partial charge in [0.1, 0.15) is 11.6 Å². The second kappa shape index (κ2) is 5.93. The summed E-state index contributed by atoms with van der Waals surface area (Å²) in [5.74, 6) is -0.0272. The maximum absolute atomic E-state index is 13.5. The van der Waals surface area contributed by atoms with E-state index in [2.05, 4.69) is 4.74 Å². The monoisotopic (exact) mass is 280 g/mol. The number of benzene rings is 1. The number of carbonyl (C=O) groups excluding carboxylic acids is 1. The summed E-state index contributed by atoms with van der Waals surface area (Å²) < 4.78 is 23.5. The van der Waals surface area contributed by atoms with E-state index in [0.717, 1.165) is 0 Å². The molecule has 0 fully saturated rings. The lowest BCUT2D eigenvalue weighted by Crippen LogP contribution is -1.98. The first-order chi connectivity index (χ1) is 9.11. The van der Waals surface area contributed by atoms with Crippen LogP contribution < -0.4 is 0 Å².